The van der Waals surface area contributed by atoms with Crippen LogP contribution in [-0.4, -0.2) is 4.57 Å². The Labute approximate surface area is 101 Å². The van der Waals surface area contributed by atoms with Crippen molar-refractivity contribution in [2.24, 2.45) is 5.73 Å². The number of benzene rings is 1. The minimum absolute atomic E-state index is 0.556. The van der Waals surface area contributed by atoms with Crippen LogP contribution in [0.15, 0.2) is 30.3 Å². The number of aryl methyl sites for hydroxylation is 1. The summed E-state index contributed by atoms with van der Waals surface area (Å²) >= 11 is 6.11. The van der Waals surface area contributed by atoms with Crippen LogP contribution in [0.1, 0.15) is 17.0 Å². The van der Waals surface area contributed by atoms with Crippen LogP contribution >= 0.6 is 11.6 Å². The van der Waals surface area contributed by atoms with Gasteiger partial charge in [-0.15, -0.1) is 0 Å². The largest absolute Gasteiger partial charge is 0.326 e. The average Bonchev–Trinajstić information content (AvgIpc) is 2.53. The van der Waals surface area contributed by atoms with Crippen LogP contribution in [0.25, 0.3) is 5.69 Å². The van der Waals surface area contributed by atoms with Gasteiger partial charge < -0.3 is 10.3 Å². The van der Waals surface area contributed by atoms with E-state index in [0.29, 0.717) is 6.54 Å². The lowest BCUT2D eigenvalue weighted by atomic mass is 10.2. The minimum Gasteiger partial charge on any atom is -0.326 e. The second kappa shape index (κ2) is 4.32. The molecule has 0 aliphatic carbocycles. The van der Waals surface area contributed by atoms with E-state index in [2.05, 4.69) is 16.7 Å². The highest BCUT2D eigenvalue weighted by molar-refractivity contribution is 6.31. The van der Waals surface area contributed by atoms with Gasteiger partial charge in [0, 0.05) is 23.6 Å². The monoisotopic (exact) mass is 234 g/mol. The molecule has 16 heavy (non-hydrogen) atoms. The van der Waals surface area contributed by atoms with Gasteiger partial charge in [-0.3, -0.25) is 0 Å². The smallest absolute Gasteiger partial charge is 0.0618 e. The van der Waals surface area contributed by atoms with Gasteiger partial charge >= 0.3 is 0 Å². The number of nitrogens with two attached hydrogens (primary N) is 1. The molecule has 2 nitrogen and oxygen atoms in total. The molecular weight excluding hydrogens is 220 g/mol. The lowest BCUT2D eigenvalue weighted by Gasteiger charge is -2.10. The van der Waals surface area contributed by atoms with Crippen molar-refractivity contribution in [3.05, 3.63) is 52.3 Å². The van der Waals surface area contributed by atoms with Crippen molar-refractivity contribution in [2.45, 2.75) is 20.4 Å². The second-order valence-corrected chi connectivity index (χ2v) is 4.34. The van der Waals surface area contributed by atoms with E-state index in [9.17, 15) is 0 Å². The normalized spacial score (nSPS) is 10.8. The van der Waals surface area contributed by atoms with Crippen molar-refractivity contribution in [3.63, 3.8) is 0 Å². The van der Waals surface area contributed by atoms with E-state index in [1.54, 1.807) is 0 Å². The van der Waals surface area contributed by atoms with Crippen LogP contribution in [0.3, 0.4) is 0 Å². The Morgan fingerprint density at radius 3 is 2.56 bits per heavy atom. The van der Waals surface area contributed by atoms with Crippen LogP contribution in [0.5, 0.6) is 0 Å². The third-order valence-electron chi connectivity index (χ3n) is 2.77. The molecule has 2 aromatic rings. The predicted molar refractivity (Wildman–Crippen MR) is 68.1 cm³/mol. The van der Waals surface area contributed by atoms with Crippen molar-refractivity contribution in [2.75, 3.05) is 0 Å². The molecule has 0 unspecified atom stereocenters. The maximum absolute atomic E-state index is 6.11. The molecule has 1 aromatic heterocycles. The van der Waals surface area contributed by atoms with Gasteiger partial charge in [-0.2, -0.15) is 0 Å². The van der Waals surface area contributed by atoms with E-state index in [4.69, 9.17) is 17.3 Å². The molecule has 0 spiro atoms. The van der Waals surface area contributed by atoms with Gasteiger partial charge in [0.15, 0.2) is 0 Å². The van der Waals surface area contributed by atoms with E-state index in [1.165, 1.54) is 0 Å². The molecule has 2 N–H and O–H groups in total. The maximum atomic E-state index is 6.11. The highest BCUT2D eigenvalue weighted by Crippen LogP contribution is 2.24. The van der Waals surface area contributed by atoms with Gasteiger partial charge in [0.25, 0.3) is 0 Å². The molecule has 1 heterocycles. The molecule has 84 valence electrons. The number of rotatable bonds is 2. The van der Waals surface area contributed by atoms with Crippen LogP contribution in [-0.2, 0) is 6.54 Å². The zero-order valence-electron chi connectivity index (χ0n) is 9.50. The first kappa shape index (κ1) is 11.2. The van der Waals surface area contributed by atoms with Gasteiger partial charge in [0.1, 0.15) is 0 Å². The Morgan fingerprint density at radius 1 is 1.25 bits per heavy atom. The van der Waals surface area contributed by atoms with Crippen LogP contribution in [0.2, 0.25) is 5.02 Å². The maximum Gasteiger partial charge on any atom is 0.0618 e. The number of nitrogens with zero attached hydrogens (tertiary/aromatic N) is 1. The number of hydrogen-bond acceptors (Lipinski definition) is 1. The van der Waals surface area contributed by atoms with Crippen LogP contribution in [0.4, 0.5) is 0 Å². The topological polar surface area (TPSA) is 30.9 Å². The van der Waals surface area contributed by atoms with Crippen LogP contribution < -0.4 is 5.73 Å². The molecule has 0 aliphatic heterocycles. The van der Waals surface area contributed by atoms with Crippen molar-refractivity contribution in [3.8, 4) is 5.69 Å². The standard InChI is InChI=1S/C13H15ClN2/c1-9-6-13(14)10(2)16(9)12-5-3-4-11(7-12)8-15/h3-7H,8,15H2,1-2H3. The summed E-state index contributed by atoms with van der Waals surface area (Å²) in [5.74, 6) is 0. The summed E-state index contributed by atoms with van der Waals surface area (Å²) in [5.41, 5.74) is 10.1. The first-order valence-corrected chi connectivity index (χ1v) is 5.65. The number of aromatic nitrogens is 1. The summed E-state index contributed by atoms with van der Waals surface area (Å²) in [6.45, 7) is 4.62. The fourth-order valence-electron chi connectivity index (χ4n) is 1.94. The molecule has 3 heteroatoms. The van der Waals surface area contributed by atoms with E-state index in [-0.39, 0.29) is 0 Å². The van der Waals surface area contributed by atoms with E-state index >= 15 is 0 Å². The van der Waals surface area contributed by atoms with Gasteiger partial charge in [-0.05, 0) is 37.6 Å². The fraction of sp³-hybridized carbons (Fsp3) is 0.231. The molecule has 0 amide bonds. The lowest BCUT2D eigenvalue weighted by molar-refractivity contribution is 0.956. The first-order valence-electron chi connectivity index (χ1n) is 5.27. The highest BCUT2D eigenvalue weighted by atomic mass is 35.5. The quantitative estimate of drug-likeness (QED) is 0.850. The predicted octanol–water partition coefficient (Wildman–Crippen LogP) is 3.21. The first-order chi connectivity index (χ1) is 7.63. The molecule has 1 aromatic carbocycles. The number of halogens is 1. The molecule has 0 radical (unpaired) electrons. The van der Waals surface area contributed by atoms with Gasteiger partial charge in [-0.25, -0.2) is 0 Å². The Balaban J connectivity index is 2.58. The van der Waals surface area contributed by atoms with E-state index in [0.717, 1.165) is 27.7 Å². The molecule has 0 saturated heterocycles. The van der Waals surface area contributed by atoms with Gasteiger partial charge in [0.05, 0.1) is 5.02 Å². The van der Waals surface area contributed by atoms with Crippen LogP contribution in [0, 0.1) is 13.8 Å². The van der Waals surface area contributed by atoms with Crippen molar-refractivity contribution in [1.29, 1.82) is 0 Å². The van der Waals surface area contributed by atoms with Crippen molar-refractivity contribution < 1.29 is 0 Å². The summed E-state index contributed by atoms with van der Waals surface area (Å²) in [6.07, 6.45) is 0. The third-order valence-corrected chi connectivity index (χ3v) is 3.16. The zero-order chi connectivity index (χ0) is 11.7. The Morgan fingerprint density at radius 2 is 2.00 bits per heavy atom. The van der Waals surface area contributed by atoms with Crippen molar-refractivity contribution in [1.82, 2.24) is 4.57 Å². The van der Waals surface area contributed by atoms with Crippen molar-refractivity contribution >= 4 is 11.6 Å². The molecule has 2 rings (SSSR count). The highest BCUT2D eigenvalue weighted by Gasteiger charge is 2.08. The Kier molecular flexibility index (Phi) is 3.03. The minimum atomic E-state index is 0.556. The summed E-state index contributed by atoms with van der Waals surface area (Å²) < 4.78 is 2.14. The fourth-order valence-corrected chi connectivity index (χ4v) is 2.19. The van der Waals surface area contributed by atoms with Gasteiger partial charge in [-0.1, -0.05) is 23.7 Å². The Hall–Kier alpha value is -1.25. The Bertz CT molecular complexity index is 515. The summed E-state index contributed by atoms with van der Waals surface area (Å²) in [4.78, 5) is 0. The average molecular weight is 235 g/mol. The summed E-state index contributed by atoms with van der Waals surface area (Å²) in [5, 5.41) is 0.802. The SMILES string of the molecule is Cc1cc(Cl)c(C)n1-c1cccc(CN)c1. The van der Waals surface area contributed by atoms with E-state index in [1.807, 2.05) is 32.0 Å². The van der Waals surface area contributed by atoms with E-state index < -0.39 is 0 Å². The summed E-state index contributed by atoms with van der Waals surface area (Å²) in [6, 6.07) is 10.2. The molecule has 0 fully saturated rings. The number of hydrogen-bond donors (Lipinski definition) is 1. The third kappa shape index (κ3) is 1.86. The lowest BCUT2D eigenvalue weighted by Crippen LogP contribution is -2.01. The molecular formula is C13H15ClN2. The summed E-state index contributed by atoms with van der Waals surface area (Å²) in [7, 11) is 0. The molecule has 0 bridgehead atoms. The molecule has 0 aliphatic rings. The van der Waals surface area contributed by atoms with Gasteiger partial charge in [0.2, 0.25) is 0 Å². The second-order valence-electron chi connectivity index (χ2n) is 3.93. The molecule has 0 atom stereocenters. The molecule has 0 saturated carbocycles. The zero-order valence-corrected chi connectivity index (χ0v) is 10.3.